The number of rotatable bonds is 3. The van der Waals surface area contributed by atoms with Gasteiger partial charge in [0.15, 0.2) is 0 Å². The fourth-order valence-electron chi connectivity index (χ4n) is 3.21. The molecule has 6 heteroatoms. The summed E-state index contributed by atoms with van der Waals surface area (Å²) in [7, 11) is 0. The second kappa shape index (κ2) is 6.71. The third kappa shape index (κ3) is 3.80. The number of hydrogen-bond acceptors (Lipinski definition) is 4. The van der Waals surface area contributed by atoms with E-state index >= 15 is 0 Å². The molecule has 0 atom stereocenters. The van der Waals surface area contributed by atoms with Gasteiger partial charge < -0.3 is 4.90 Å². The number of benzene rings is 1. The fraction of sp³-hybridized carbons (Fsp3) is 0.556. The van der Waals surface area contributed by atoms with E-state index in [1.165, 1.54) is 22.1 Å². The van der Waals surface area contributed by atoms with E-state index in [1.807, 2.05) is 4.90 Å². The van der Waals surface area contributed by atoms with Gasteiger partial charge in [0.05, 0.1) is 0 Å². The van der Waals surface area contributed by atoms with Gasteiger partial charge in [-0.05, 0) is 45.7 Å². The molecule has 3 rings (SSSR count). The minimum atomic E-state index is 0.0869. The second-order valence-corrected chi connectivity index (χ2v) is 7.53. The Morgan fingerprint density at radius 1 is 1.17 bits per heavy atom. The van der Waals surface area contributed by atoms with Gasteiger partial charge in [-0.3, -0.25) is 4.79 Å². The molecule has 0 N–H and O–H groups in total. The van der Waals surface area contributed by atoms with Crippen LogP contribution >= 0.6 is 0 Å². The highest BCUT2D eigenvalue weighted by Crippen LogP contribution is 2.30. The van der Waals surface area contributed by atoms with Crippen LogP contribution in [-0.4, -0.2) is 44.1 Å². The minimum Gasteiger partial charge on any atom is -0.341 e. The summed E-state index contributed by atoms with van der Waals surface area (Å²) >= 11 is 0. The van der Waals surface area contributed by atoms with Gasteiger partial charge >= 0.3 is 0 Å². The van der Waals surface area contributed by atoms with E-state index < -0.39 is 0 Å². The Morgan fingerprint density at radius 3 is 2.38 bits per heavy atom. The van der Waals surface area contributed by atoms with Crippen molar-refractivity contribution in [2.24, 2.45) is 0 Å². The highest BCUT2D eigenvalue weighted by Gasteiger charge is 2.24. The maximum Gasteiger partial charge on any atom is 0.244 e. The number of hydrogen-bond donors (Lipinski definition) is 0. The van der Waals surface area contributed by atoms with Crippen LogP contribution in [0.2, 0.25) is 0 Å². The molecule has 24 heavy (non-hydrogen) atoms. The lowest BCUT2D eigenvalue weighted by Crippen LogP contribution is -2.39. The zero-order chi connectivity index (χ0) is 17.2. The molecule has 2 aromatic rings. The lowest BCUT2D eigenvalue weighted by molar-refractivity contribution is -0.133. The Morgan fingerprint density at radius 2 is 1.83 bits per heavy atom. The van der Waals surface area contributed by atoms with Gasteiger partial charge in [-0.15, -0.1) is 5.10 Å². The summed E-state index contributed by atoms with van der Waals surface area (Å²) in [5.74, 6) is 0.625. The molecule has 1 aromatic carbocycles. The molecule has 1 aliphatic rings. The summed E-state index contributed by atoms with van der Waals surface area (Å²) in [5.41, 5.74) is 2.93. The van der Waals surface area contributed by atoms with Crippen molar-refractivity contribution in [2.75, 3.05) is 13.1 Å². The Hall–Kier alpha value is -2.24. The van der Waals surface area contributed by atoms with E-state index in [4.69, 9.17) is 0 Å². The van der Waals surface area contributed by atoms with Crippen LogP contribution in [0.5, 0.6) is 0 Å². The summed E-state index contributed by atoms with van der Waals surface area (Å²) in [4.78, 5) is 14.2. The molecule has 0 spiro atoms. The molecule has 2 heterocycles. The summed E-state index contributed by atoms with van der Waals surface area (Å²) < 4.78 is 1.47. The number of amides is 1. The van der Waals surface area contributed by atoms with Gasteiger partial charge in [-0.1, -0.05) is 45.0 Å². The Balaban J connectivity index is 1.56. The number of tetrazole rings is 1. The molecule has 128 valence electrons. The average molecular weight is 327 g/mol. The summed E-state index contributed by atoms with van der Waals surface area (Å²) in [6, 6.07) is 8.99. The van der Waals surface area contributed by atoms with Crippen molar-refractivity contribution in [3.05, 3.63) is 41.7 Å². The first-order chi connectivity index (χ1) is 11.4. The van der Waals surface area contributed by atoms with Gasteiger partial charge in [-0.25, -0.2) is 4.68 Å². The largest absolute Gasteiger partial charge is 0.341 e. The van der Waals surface area contributed by atoms with Gasteiger partial charge in [0, 0.05) is 13.1 Å². The molecule has 1 saturated heterocycles. The van der Waals surface area contributed by atoms with Crippen LogP contribution in [0, 0.1) is 0 Å². The van der Waals surface area contributed by atoms with Crippen molar-refractivity contribution in [3.63, 3.8) is 0 Å². The van der Waals surface area contributed by atoms with E-state index in [9.17, 15) is 4.79 Å². The minimum absolute atomic E-state index is 0.0869. The van der Waals surface area contributed by atoms with Crippen LogP contribution in [0.25, 0.3) is 0 Å². The standard InChI is InChI=1S/C18H25N5O/c1-18(2,3)16-6-4-14(5-7-16)15-8-10-22(11-9-15)17(24)12-23-13-19-20-21-23/h4-7,13,15H,8-12H2,1-3H3. The lowest BCUT2D eigenvalue weighted by Gasteiger charge is -2.32. The third-order valence-corrected chi connectivity index (χ3v) is 4.78. The molecule has 0 aliphatic carbocycles. The molecule has 6 nitrogen and oxygen atoms in total. The van der Waals surface area contributed by atoms with E-state index in [0.717, 1.165) is 25.9 Å². The highest BCUT2D eigenvalue weighted by atomic mass is 16.2. The zero-order valence-corrected chi connectivity index (χ0v) is 14.6. The van der Waals surface area contributed by atoms with Gasteiger partial charge in [0.25, 0.3) is 0 Å². The summed E-state index contributed by atoms with van der Waals surface area (Å²) in [6.07, 6.45) is 3.49. The fourth-order valence-corrected chi connectivity index (χ4v) is 3.21. The van der Waals surface area contributed by atoms with Crippen LogP contribution in [-0.2, 0) is 16.8 Å². The SMILES string of the molecule is CC(C)(C)c1ccc(C2CCN(C(=O)Cn3cnnn3)CC2)cc1. The second-order valence-electron chi connectivity index (χ2n) is 7.53. The number of carbonyl (C=O) groups is 1. The molecular weight excluding hydrogens is 302 g/mol. The van der Waals surface area contributed by atoms with E-state index in [1.54, 1.807) is 0 Å². The number of likely N-dealkylation sites (tertiary alicyclic amines) is 1. The Kier molecular flexibility index (Phi) is 4.64. The predicted molar refractivity (Wildman–Crippen MR) is 91.5 cm³/mol. The topological polar surface area (TPSA) is 63.9 Å². The molecule has 0 radical (unpaired) electrons. The maximum atomic E-state index is 12.3. The highest BCUT2D eigenvalue weighted by molar-refractivity contribution is 5.76. The molecule has 0 saturated carbocycles. The van der Waals surface area contributed by atoms with Crippen LogP contribution in [0.15, 0.2) is 30.6 Å². The first-order valence-electron chi connectivity index (χ1n) is 8.52. The summed E-state index contributed by atoms with van der Waals surface area (Å²) in [5, 5.41) is 10.9. The quantitative estimate of drug-likeness (QED) is 0.868. The van der Waals surface area contributed by atoms with Crippen LogP contribution < -0.4 is 0 Å². The van der Waals surface area contributed by atoms with E-state index in [2.05, 4.69) is 60.6 Å². The molecule has 1 amide bonds. The number of piperidine rings is 1. The van der Waals surface area contributed by atoms with Crippen molar-refractivity contribution in [1.82, 2.24) is 25.1 Å². The predicted octanol–water partition coefficient (Wildman–Crippen LogP) is 2.38. The van der Waals surface area contributed by atoms with Crippen molar-refractivity contribution in [3.8, 4) is 0 Å². The number of carbonyl (C=O) groups excluding carboxylic acids is 1. The van der Waals surface area contributed by atoms with Crippen molar-refractivity contribution in [1.29, 1.82) is 0 Å². The van der Waals surface area contributed by atoms with Crippen molar-refractivity contribution in [2.45, 2.75) is 51.5 Å². The third-order valence-electron chi connectivity index (χ3n) is 4.78. The Labute approximate surface area is 142 Å². The van der Waals surface area contributed by atoms with Crippen LogP contribution in [0.1, 0.15) is 50.7 Å². The first-order valence-corrected chi connectivity index (χ1v) is 8.52. The number of nitrogens with zero attached hydrogens (tertiary/aromatic N) is 5. The van der Waals surface area contributed by atoms with Gasteiger partial charge in [0.1, 0.15) is 12.9 Å². The van der Waals surface area contributed by atoms with E-state index in [-0.39, 0.29) is 17.9 Å². The van der Waals surface area contributed by atoms with Crippen LogP contribution in [0.4, 0.5) is 0 Å². The first kappa shape index (κ1) is 16.6. The Bertz CT molecular complexity index is 664. The smallest absolute Gasteiger partial charge is 0.244 e. The molecule has 0 unspecified atom stereocenters. The number of aromatic nitrogens is 4. The molecule has 0 bridgehead atoms. The van der Waals surface area contributed by atoms with Gasteiger partial charge in [-0.2, -0.15) is 0 Å². The molecule has 1 aliphatic heterocycles. The van der Waals surface area contributed by atoms with Crippen LogP contribution in [0.3, 0.4) is 0 Å². The zero-order valence-electron chi connectivity index (χ0n) is 14.6. The van der Waals surface area contributed by atoms with Crippen molar-refractivity contribution >= 4 is 5.91 Å². The van der Waals surface area contributed by atoms with E-state index in [0.29, 0.717) is 5.92 Å². The maximum absolute atomic E-state index is 12.3. The van der Waals surface area contributed by atoms with Gasteiger partial charge in [0.2, 0.25) is 5.91 Å². The average Bonchev–Trinajstić information content (AvgIpc) is 3.07. The monoisotopic (exact) mass is 327 g/mol. The molecule has 1 aromatic heterocycles. The van der Waals surface area contributed by atoms with Crippen molar-refractivity contribution < 1.29 is 4.79 Å². The molecule has 1 fully saturated rings. The molecular formula is C18H25N5O. The lowest BCUT2D eigenvalue weighted by atomic mass is 9.84. The summed E-state index contributed by atoms with van der Waals surface area (Å²) in [6.45, 7) is 8.52. The normalized spacial score (nSPS) is 16.4.